The quantitative estimate of drug-likeness (QED) is 0.0476. The van der Waals surface area contributed by atoms with Crippen molar-refractivity contribution < 1.29 is 64.6 Å². The standard InChI is InChI=1S/C35H65NO13/c1-3-5-7-9-11-13-15-17-19-27(40)36-23(24(39)18-16-14-12-10-8-6-4-2)22-46-34-32(45)30(43)33(26(21-38)48-34)49-35-31(44)29(42)28(41)25(20-37)47-35/h16,18,23-26,28-35,37-39,41-45H,3-15,17,19-22H2,1-2H3,(H,36,40)/b18-16+. The van der Waals surface area contributed by atoms with Crippen LogP contribution in [0.1, 0.15) is 110 Å². The minimum atomic E-state index is -1.78. The zero-order chi connectivity index (χ0) is 36.2. The Labute approximate surface area is 291 Å². The second-order valence-electron chi connectivity index (χ2n) is 13.4. The average Bonchev–Trinajstić information content (AvgIpc) is 3.09. The fourth-order valence-corrected chi connectivity index (χ4v) is 6.05. The van der Waals surface area contributed by atoms with Gasteiger partial charge in [0.05, 0.1) is 32.0 Å². The number of nitrogens with one attached hydrogen (secondary N) is 1. The molecule has 1 amide bonds. The zero-order valence-electron chi connectivity index (χ0n) is 29.4. The van der Waals surface area contributed by atoms with Gasteiger partial charge in [-0.1, -0.05) is 96.6 Å². The Kier molecular flexibility index (Phi) is 22.2. The van der Waals surface area contributed by atoms with E-state index in [9.17, 15) is 45.6 Å². The molecule has 2 heterocycles. The van der Waals surface area contributed by atoms with Crippen LogP contribution in [-0.4, -0.2) is 140 Å². The molecule has 0 aromatic rings. The molecule has 2 rings (SSSR count). The number of aliphatic hydroxyl groups excluding tert-OH is 8. The number of unbranched alkanes of at least 4 members (excludes halogenated alkanes) is 12. The SMILES string of the molecule is CCCCCCC/C=C/C(O)C(COC1OC(CO)C(OC2OC(CO)C(O)C(O)C2O)C(O)C1O)NC(=O)CCCCCCCCCC. The van der Waals surface area contributed by atoms with Crippen LogP contribution in [0.3, 0.4) is 0 Å². The molecule has 14 nitrogen and oxygen atoms in total. The molecule has 14 heteroatoms. The average molecular weight is 708 g/mol. The first-order chi connectivity index (χ1) is 23.6. The van der Waals surface area contributed by atoms with E-state index in [0.29, 0.717) is 6.42 Å². The molecule has 2 fully saturated rings. The molecule has 49 heavy (non-hydrogen) atoms. The highest BCUT2D eigenvalue weighted by Gasteiger charge is 2.50. The number of hydrogen-bond acceptors (Lipinski definition) is 13. The van der Waals surface area contributed by atoms with Crippen LogP contribution < -0.4 is 5.32 Å². The molecule has 288 valence electrons. The van der Waals surface area contributed by atoms with E-state index in [2.05, 4.69) is 19.2 Å². The Hall–Kier alpha value is -1.27. The van der Waals surface area contributed by atoms with E-state index in [4.69, 9.17) is 18.9 Å². The topological polar surface area (TPSA) is 228 Å². The molecular formula is C35H65NO13. The Morgan fingerprint density at radius 2 is 1.27 bits per heavy atom. The summed E-state index contributed by atoms with van der Waals surface area (Å²) in [4.78, 5) is 12.9. The number of ether oxygens (including phenoxy) is 4. The van der Waals surface area contributed by atoms with Crippen LogP contribution in [0, 0.1) is 0 Å². The summed E-state index contributed by atoms with van der Waals surface area (Å²) >= 11 is 0. The summed E-state index contributed by atoms with van der Waals surface area (Å²) in [6, 6.07) is -0.901. The number of aliphatic hydroxyl groups is 8. The Bertz CT molecular complexity index is 894. The van der Waals surface area contributed by atoms with E-state index < -0.39 is 86.8 Å². The van der Waals surface area contributed by atoms with E-state index in [1.807, 2.05) is 6.08 Å². The molecule has 0 aromatic heterocycles. The van der Waals surface area contributed by atoms with Gasteiger partial charge in [-0.05, 0) is 19.3 Å². The summed E-state index contributed by atoms with van der Waals surface area (Å²) in [7, 11) is 0. The van der Waals surface area contributed by atoms with E-state index in [1.54, 1.807) is 6.08 Å². The molecule has 0 aromatic carbocycles. The van der Waals surface area contributed by atoms with Gasteiger partial charge in [-0.3, -0.25) is 4.79 Å². The molecule has 0 bridgehead atoms. The number of carbonyl (C=O) groups excluding carboxylic acids is 1. The molecule has 12 atom stereocenters. The van der Waals surface area contributed by atoms with Gasteiger partial charge in [0.2, 0.25) is 5.91 Å². The van der Waals surface area contributed by atoms with Crippen molar-refractivity contribution in [3.8, 4) is 0 Å². The van der Waals surface area contributed by atoms with Gasteiger partial charge < -0.3 is 65.1 Å². The third kappa shape index (κ3) is 15.1. The second kappa shape index (κ2) is 24.8. The van der Waals surface area contributed by atoms with Gasteiger partial charge in [0.25, 0.3) is 0 Å². The Morgan fingerprint density at radius 1 is 0.714 bits per heavy atom. The smallest absolute Gasteiger partial charge is 0.220 e. The first-order valence-electron chi connectivity index (χ1n) is 18.4. The van der Waals surface area contributed by atoms with Gasteiger partial charge in [0.1, 0.15) is 48.8 Å². The summed E-state index contributed by atoms with van der Waals surface area (Å²) in [5.74, 6) is -0.252. The van der Waals surface area contributed by atoms with Gasteiger partial charge in [0, 0.05) is 6.42 Å². The van der Waals surface area contributed by atoms with Crippen molar-refractivity contribution in [2.45, 2.75) is 184 Å². The summed E-state index contributed by atoms with van der Waals surface area (Å²) in [5, 5.41) is 85.6. The molecule has 2 aliphatic heterocycles. The highest BCUT2D eigenvalue weighted by molar-refractivity contribution is 5.76. The lowest BCUT2D eigenvalue weighted by Gasteiger charge is -2.46. The molecule has 2 aliphatic rings. The molecule has 9 N–H and O–H groups in total. The van der Waals surface area contributed by atoms with E-state index in [0.717, 1.165) is 51.4 Å². The van der Waals surface area contributed by atoms with Crippen LogP contribution in [0.2, 0.25) is 0 Å². The van der Waals surface area contributed by atoms with Crippen molar-refractivity contribution in [2.24, 2.45) is 0 Å². The number of hydrogen-bond donors (Lipinski definition) is 9. The molecule has 0 aliphatic carbocycles. The van der Waals surface area contributed by atoms with Gasteiger partial charge in [-0.15, -0.1) is 0 Å². The van der Waals surface area contributed by atoms with Crippen LogP contribution in [0.4, 0.5) is 0 Å². The van der Waals surface area contributed by atoms with Crippen molar-refractivity contribution in [3.05, 3.63) is 12.2 Å². The molecule has 0 spiro atoms. The maximum Gasteiger partial charge on any atom is 0.220 e. The van der Waals surface area contributed by atoms with Crippen LogP contribution in [0.15, 0.2) is 12.2 Å². The minimum absolute atomic E-state index is 0.252. The van der Waals surface area contributed by atoms with Gasteiger partial charge in [0.15, 0.2) is 12.6 Å². The molecule has 2 saturated heterocycles. The molecule has 0 saturated carbocycles. The summed E-state index contributed by atoms with van der Waals surface area (Å²) < 4.78 is 22.4. The lowest BCUT2D eigenvalue weighted by molar-refractivity contribution is -0.359. The fourth-order valence-electron chi connectivity index (χ4n) is 6.05. The second-order valence-corrected chi connectivity index (χ2v) is 13.4. The van der Waals surface area contributed by atoms with Gasteiger partial charge in [-0.25, -0.2) is 0 Å². The lowest BCUT2D eigenvalue weighted by atomic mass is 9.97. The maximum atomic E-state index is 12.9. The van der Waals surface area contributed by atoms with Crippen LogP contribution in [-0.2, 0) is 23.7 Å². The first-order valence-corrected chi connectivity index (χ1v) is 18.4. The molecule has 12 unspecified atom stereocenters. The number of rotatable bonds is 25. The predicted molar refractivity (Wildman–Crippen MR) is 180 cm³/mol. The lowest BCUT2D eigenvalue weighted by Crippen LogP contribution is -2.65. The third-order valence-electron chi connectivity index (χ3n) is 9.22. The van der Waals surface area contributed by atoms with Crippen LogP contribution in [0.25, 0.3) is 0 Å². The summed E-state index contributed by atoms with van der Waals surface area (Å²) in [5.41, 5.74) is 0. The van der Waals surface area contributed by atoms with E-state index in [-0.39, 0.29) is 18.9 Å². The van der Waals surface area contributed by atoms with Crippen molar-refractivity contribution in [3.63, 3.8) is 0 Å². The predicted octanol–water partition coefficient (Wildman–Crippen LogP) is 0.920. The maximum absolute atomic E-state index is 12.9. The number of amides is 1. The number of allylic oxidation sites excluding steroid dienone is 1. The zero-order valence-corrected chi connectivity index (χ0v) is 29.4. The van der Waals surface area contributed by atoms with Gasteiger partial charge in [-0.2, -0.15) is 0 Å². The fraction of sp³-hybridized carbons (Fsp3) is 0.914. The van der Waals surface area contributed by atoms with E-state index >= 15 is 0 Å². The van der Waals surface area contributed by atoms with Crippen molar-refractivity contribution in [1.29, 1.82) is 0 Å². The third-order valence-corrected chi connectivity index (χ3v) is 9.22. The highest BCUT2D eigenvalue weighted by atomic mass is 16.7. The highest BCUT2D eigenvalue weighted by Crippen LogP contribution is 2.29. The largest absolute Gasteiger partial charge is 0.394 e. The molecule has 0 radical (unpaired) electrons. The molecular weight excluding hydrogens is 642 g/mol. The first kappa shape index (κ1) is 43.9. The van der Waals surface area contributed by atoms with Gasteiger partial charge >= 0.3 is 0 Å². The normalized spacial score (nSPS) is 32.0. The van der Waals surface area contributed by atoms with Crippen LogP contribution >= 0.6 is 0 Å². The summed E-state index contributed by atoms with van der Waals surface area (Å²) in [6.45, 7) is 2.62. The summed E-state index contributed by atoms with van der Waals surface area (Å²) in [6.07, 6.45) is 1.81. The Morgan fingerprint density at radius 3 is 1.88 bits per heavy atom. The van der Waals surface area contributed by atoms with E-state index in [1.165, 1.54) is 32.1 Å². The monoisotopic (exact) mass is 707 g/mol. The Balaban J connectivity index is 2.00. The number of carbonyl (C=O) groups is 1. The van der Waals surface area contributed by atoms with Crippen molar-refractivity contribution in [2.75, 3.05) is 19.8 Å². The minimum Gasteiger partial charge on any atom is -0.394 e. The van der Waals surface area contributed by atoms with Crippen molar-refractivity contribution >= 4 is 5.91 Å². The van der Waals surface area contributed by atoms with Crippen molar-refractivity contribution in [1.82, 2.24) is 5.32 Å². The van der Waals surface area contributed by atoms with Crippen LogP contribution in [0.5, 0.6) is 0 Å².